The zero-order valence-corrected chi connectivity index (χ0v) is 14.1. The van der Waals surface area contributed by atoms with Crippen LogP contribution < -0.4 is 20.1 Å². The molecule has 1 atom stereocenters. The third-order valence-corrected chi connectivity index (χ3v) is 3.97. The molecular formula is C18H22N4O3. The first-order chi connectivity index (χ1) is 12.3. The van der Waals surface area contributed by atoms with Crippen LogP contribution in [0, 0.1) is 0 Å². The standard InChI is InChI=1S/C18H22N4O3/c1-24-15-6-4-14(5-7-15)17(25-16-3-2-8-20-13-16)21-18(23)22-11-9-19-10-12-22/h2-8,13,17,19H,9-12H2,1H3,(H,21,23). The average molecular weight is 342 g/mol. The number of piperazine rings is 1. The lowest BCUT2D eigenvalue weighted by molar-refractivity contribution is 0.139. The number of carbonyl (C=O) groups is 1. The minimum absolute atomic E-state index is 0.147. The Labute approximate surface area is 147 Å². The lowest BCUT2D eigenvalue weighted by Gasteiger charge is -2.30. The Morgan fingerprint density at radius 1 is 1.20 bits per heavy atom. The van der Waals surface area contributed by atoms with Crippen molar-refractivity contribution in [3.05, 3.63) is 54.4 Å². The Morgan fingerprint density at radius 3 is 2.60 bits per heavy atom. The Kier molecular flexibility index (Phi) is 5.69. The van der Waals surface area contributed by atoms with Gasteiger partial charge in [0.25, 0.3) is 0 Å². The van der Waals surface area contributed by atoms with Gasteiger partial charge in [-0.15, -0.1) is 0 Å². The number of nitrogens with one attached hydrogen (secondary N) is 2. The van der Waals surface area contributed by atoms with Crippen molar-refractivity contribution in [1.82, 2.24) is 20.5 Å². The highest BCUT2D eigenvalue weighted by Crippen LogP contribution is 2.22. The molecule has 1 fully saturated rings. The topological polar surface area (TPSA) is 75.7 Å². The average Bonchev–Trinajstić information content (AvgIpc) is 2.69. The number of benzene rings is 1. The zero-order chi connectivity index (χ0) is 17.5. The molecule has 25 heavy (non-hydrogen) atoms. The predicted octanol–water partition coefficient (Wildman–Crippen LogP) is 1.78. The summed E-state index contributed by atoms with van der Waals surface area (Å²) in [5.41, 5.74) is 0.827. The third kappa shape index (κ3) is 4.60. The Morgan fingerprint density at radius 2 is 1.96 bits per heavy atom. The molecule has 0 spiro atoms. The second-order valence-electron chi connectivity index (χ2n) is 5.65. The molecule has 2 aromatic rings. The van der Waals surface area contributed by atoms with Gasteiger partial charge in [-0.3, -0.25) is 10.3 Å². The number of pyridine rings is 1. The van der Waals surface area contributed by atoms with Gasteiger partial charge in [0.15, 0.2) is 6.23 Å². The summed E-state index contributed by atoms with van der Waals surface area (Å²) in [5, 5.41) is 6.19. The van der Waals surface area contributed by atoms with E-state index in [9.17, 15) is 4.79 Å². The summed E-state index contributed by atoms with van der Waals surface area (Å²) >= 11 is 0. The first-order valence-electron chi connectivity index (χ1n) is 8.23. The number of amides is 2. The summed E-state index contributed by atoms with van der Waals surface area (Å²) in [6.07, 6.45) is 2.68. The summed E-state index contributed by atoms with van der Waals surface area (Å²) in [7, 11) is 1.62. The number of hydrogen-bond donors (Lipinski definition) is 2. The first-order valence-corrected chi connectivity index (χ1v) is 8.23. The van der Waals surface area contributed by atoms with Crippen LogP contribution in [-0.4, -0.2) is 49.2 Å². The van der Waals surface area contributed by atoms with Crippen molar-refractivity contribution in [3.63, 3.8) is 0 Å². The van der Waals surface area contributed by atoms with E-state index in [2.05, 4.69) is 15.6 Å². The van der Waals surface area contributed by atoms with E-state index in [-0.39, 0.29) is 6.03 Å². The molecule has 1 aliphatic rings. The summed E-state index contributed by atoms with van der Waals surface area (Å²) in [4.78, 5) is 18.4. The summed E-state index contributed by atoms with van der Waals surface area (Å²) < 4.78 is 11.1. The maximum atomic E-state index is 12.6. The van der Waals surface area contributed by atoms with Gasteiger partial charge in [-0.1, -0.05) is 0 Å². The third-order valence-electron chi connectivity index (χ3n) is 3.97. The van der Waals surface area contributed by atoms with Crippen molar-refractivity contribution in [3.8, 4) is 11.5 Å². The molecule has 132 valence electrons. The fraction of sp³-hybridized carbons (Fsp3) is 0.333. The Bertz CT molecular complexity index is 672. The van der Waals surface area contributed by atoms with Gasteiger partial charge < -0.3 is 19.7 Å². The van der Waals surface area contributed by atoms with Gasteiger partial charge in [0, 0.05) is 37.9 Å². The van der Waals surface area contributed by atoms with Crippen molar-refractivity contribution in [2.24, 2.45) is 0 Å². The van der Waals surface area contributed by atoms with E-state index >= 15 is 0 Å². The molecule has 7 nitrogen and oxygen atoms in total. The van der Waals surface area contributed by atoms with Crippen LogP contribution in [0.4, 0.5) is 4.79 Å². The summed E-state index contributed by atoms with van der Waals surface area (Å²) in [6.45, 7) is 2.94. The number of carbonyl (C=O) groups excluding carboxylic acids is 1. The molecule has 0 bridgehead atoms. The van der Waals surface area contributed by atoms with Crippen molar-refractivity contribution in [2.75, 3.05) is 33.3 Å². The number of rotatable bonds is 5. The summed E-state index contributed by atoms with van der Waals surface area (Å²) in [5.74, 6) is 1.33. The molecule has 1 aromatic carbocycles. The SMILES string of the molecule is COc1ccc(C(NC(=O)N2CCNCC2)Oc2cccnc2)cc1. The number of methoxy groups -OCH3 is 1. The molecule has 3 rings (SSSR count). The molecule has 1 saturated heterocycles. The van der Waals surface area contributed by atoms with E-state index in [1.807, 2.05) is 24.3 Å². The maximum Gasteiger partial charge on any atom is 0.320 e. The largest absolute Gasteiger partial charge is 0.497 e. The highest BCUT2D eigenvalue weighted by atomic mass is 16.5. The lowest BCUT2D eigenvalue weighted by Crippen LogP contribution is -2.51. The normalized spacial score (nSPS) is 15.3. The number of ether oxygens (including phenoxy) is 2. The quantitative estimate of drug-likeness (QED) is 0.810. The molecule has 1 aliphatic heterocycles. The van der Waals surface area contributed by atoms with Crippen molar-refractivity contribution in [2.45, 2.75) is 6.23 Å². The van der Waals surface area contributed by atoms with Gasteiger partial charge in [-0.05, 0) is 36.4 Å². The second kappa shape index (κ2) is 8.34. The van der Waals surface area contributed by atoms with Crippen LogP contribution in [0.5, 0.6) is 11.5 Å². The molecule has 2 N–H and O–H groups in total. The molecule has 2 amide bonds. The van der Waals surface area contributed by atoms with E-state index in [1.54, 1.807) is 36.5 Å². The zero-order valence-electron chi connectivity index (χ0n) is 14.1. The van der Waals surface area contributed by atoms with Gasteiger partial charge in [0.1, 0.15) is 11.5 Å². The Balaban J connectivity index is 1.76. The van der Waals surface area contributed by atoms with Crippen molar-refractivity contribution in [1.29, 1.82) is 0 Å². The molecule has 0 aliphatic carbocycles. The van der Waals surface area contributed by atoms with Crippen LogP contribution in [-0.2, 0) is 0 Å². The minimum Gasteiger partial charge on any atom is -0.497 e. The molecule has 7 heteroatoms. The molecule has 0 saturated carbocycles. The number of hydrogen-bond acceptors (Lipinski definition) is 5. The summed E-state index contributed by atoms with van der Waals surface area (Å²) in [6, 6.07) is 10.9. The molecule has 0 radical (unpaired) electrons. The number of nitrogens with zero attached hydrogens (tertiary/aromatic N) is 2. The van der Waals surface area contributed by atoms with Gasteiger partial charge in [-0.2, -0.15) is 0 Å². The van der Waals surface area contributed by atoms with Crippen LogP contribution in [0.25, 0.3) is 0 Å². The van der Waals surface area contributed by atoms with Crippen LogP contribution in [0.3, 0.4) is 0 Å². The van der Waals surface area contributed by atoms with E-state index in [0.29, 0.717) is 18.8 Å². The van der Waals surface area contributed by atoms with E-state index in [0.717, 1.165) is 24.4 Å². The number of aromatic nitrogens is 1. The van der Waals surface area contributed by atoms with Gasteiger partial charge in [0.05, 0.1) is 13.3 Å². The van der Waals surface area contributed by atoms with E-state index in [1.165, 1.54) is 0 Å². The highest BCUT2D eigenvalue weighted by molar-refractivity contribution is 5.74. The number of urea groups is 1. The minimum atomic E-state index is -0.613. The van der Waals surface area contributed by atoms with Gasteiger partial charge >= 0.3 is 6.03 Å². The molecule has 2 heterocycles. The molecular weight excluding hydrogens is 320 g/mol. The van der Waals surface area contributed by atoms with Crippen LogP contribution in [0.2, 0.25) is 0 Å². The van der Waals surface area contributed by atoms with Crippen molar-refractivity contribution < 1.29 is 14.3 Å². The van der Waals surface area contributed by atoms with Crippen LogP contribution in [0.1, 0.15) is 11.8 Å². The Hall–Kier alpha value is -2.80. The fourth-order valence-electron chi connectivity index (χ4n) is 2.58. The first kappa shape index (κ1) is 17.0. The van der Waals surface area contributed by atoms with E-state index in [4.69, 9.17) is 9.47 Å². The molecule has 1 aromatic heterocycles. The smallest absolute Gasteiger partial charge is 0.320 e. The fourth-order valence-corrected chi connectivity index (χ4v) is 2.58. The van der Waals surface area contributed by atoms with Gasteiger partial charge in [0.2, 0.25) is 0 Å². The highest BCUT2D eigenvalue weighted by Gasteiger charge is 2.22. The van der Waals surface area contributed by atoms with Crippen molar-refractivity contribution >= 4 is 6.03 Å². The predicted molar refractivity (Wildman–Crippen MR) is 93.6 cm³/mol. The van der Waals surface area contributed by atoms with Crippen LogP contribution >= 0.6 is 0 Å². The lowest BCUT2D eigenvalue weighted by atomic mass is 10.2. The molecule has 1 unspecified atom stereocenters. The monoisotopic (exact) mass is 342 g/mol. The van der Waals surface area contributed by atoms with Crippen LogP contribution in [0.15, 0.2) is 48.8 Å². The van der Waals surface area contributed by atoms with E-state index < -0.39 is 6.23 Å². The van der Waals surface area contributed by atoms with Gasteiger partial charge in [-0.25, -0.2) is 4.79 Å². The second-order valence-corrected chi connectivity index (χ2v) is 5.65. The maximum absolute atomic E-state index is 12.6.